The highest BCUT2D eigenvalue weighted by Crippen LogP contribution is 2.29. The summed E-state index contributed by atoms with van der Waals surface area (Å²) in [6, 6.07) is 19.8. The summed E-state index contributed by atoms with van der Waals surface area (Å²) in [7, 11) is 1.56. The predicted octanol–water partition coefficient (Wildman–Crippen LogP) is 5.32. The number of hydrogen-bond acceptors (Lipinski definition) is 5. The van der Waals surface area contributed by atoms with Gasteiger partial charge in [-0.2, -0.15) is 0 Å². The van der Waals surface area contributed by atoms with E-state index in [4.69, 9.17) is 14.2 Å². The number of aryl methyl sites for hydroxylation is 1. The third-order valence-corrected chi connectivity index (χ3v) is 4.83. The van der Waals surface area contributed by atoms with Crippen LogP contribution < -0.4 is 19.5 Å². The Balaban J connectivity index is 1.67. The van der Waals surface area contributed by atoms with Gasteiger partial charge >= 0.3 is 0 Å². The Morgan fingerprint density at radius 2 is 1.76 bits per heavy atom. The molecule has 3 rings (SSSR count). The monoisotopic (exact) mass is 445 g/mol. The van der Waals surface area contributed by atoms with Crippen molar-refractivity contribution in [3.05, 3.63) is 89.5 Å². The average molecular weight is 446 g/mol. The van der Waals surface area contributed by atoms with Crippen molar-refractivity contribution in [2.24, 2.45) is 0 Å². The van der Waals surface area contributed by atoms with Crippen molar-refractivity contribution < 1.29 is 23.8 Å². The molecule has 0 radical (unpaired) electrons. The van der Waals surface area contributed by atoms with E-state index >= 15 is 0 Å². The molecule has 1 amide bonds. The predicted molar refractivity (Wildman–Crippen MR) is 129 cm³/mol. The number of rotatable bonds is 10. The molecule has 0 aliphatic heterocycles. The molecule has 0 fully saturated rings. The number of amides is 1. The van der Waals surface area contributed by atoms with Crippen LogP contribution in [0.5, 0.6) is 17.2 Å². The molecule has 3 aromatic carbocycles. The van der Waals surface area contributed by atoms with Gasteiger partial charge < -0.3 is 19.5 Å². The number of allylic oxidation sites excluding steroid dienone is 1. The van der Waals surface area contributed by atoms with Crippen molar-refractivity contribution in [3.63, 3.8) is 0 Å². The van der Waals surface area contributed by atoms with Crippen molar-refractivity contribution in [1.82, 2.24) is 0 Å². The first-order valence-electron chi connectivity index (χ1n) is 10.6. The van der Waals surface area contributed by atoms with Gasteiger partial charge in [0.15, 0.2) is 23.9 Å². The Morgan fingerprint density at radius 3 is 2.52 bits per heavy atom. The molecule has 0 saturated heterocycles. The molecule has 0 aliphatic carbocycles. The first-order chi connectivity index (χ1) is 16.0. The summed E-state index contributed by atoms with van der Waals surface area (Å²) in [5, 5.41) is 2.84. The lowest BCUT2D eigenvalue weighted by molar-refractivity contribution is -0.118. The maximum absolute atomic E-state index is 12.5. The van der Waals surface area contributed by atoms with E-state index in [0.29, 0.717) is 29.4 Å². The van der Waals surface area contributed by atoms with Crippen LogP contribution in [0.1, 0.15) is 28.4 Å². The second kappa shape index (κ2) is 11.5. The lowest BCUT2D eigenvalue weighted by Crippen LogP contribution is -2.20. The molecule has 0 atom stereocenters. The number of methoxy groups -OCH3 is 1. The highest BCUT2D eigenvalue weighted by Gasteiger charge is 2.10. The fourth-order valence-corrected chi connectivity index (χ4v) is 3.10. The number of anilines is 1. The highest BCUT2D eigenvalue weighted by molar-refractivity contribution is 6.07. The molecule has 0 unspecified atom stereocenters. The minimum atomic E-state index is -0.264. The fraction of sp³-hybridized carbons (Fsp3) is 0.185. The minimum absolute atomic E-state index is 0.139. The highest BCUT2D eigenvalue weighted by atomic mass is 16.5. The van der Waals surface area contributed by atoms with E-state index in [-0.39, 0.29) is 18.3 Å². The number of ketones is 1. The van der Waals surface area contributed by atoms with Crippen LogP contribution in [0.15, 0.2) is 72.8 Å². The van der Waals surface area contributed by atoms with Gasteiger partial charge in [0.2, 0.25) is 0 Å². The van der Waals surface area contributed by atoms with Gasteiger partial charge in [-0.3, -0.25) is 9.59 Å². The van der Waals surface area contributed by atoms with Crippen LogP contribution in [-0.4, -0.2) is 32.0 Å². The Bertz CT molecular complexity index is 1150. The topological polar surface area (TPSA) is 73.9 Å². The fourth-order valence-electron chi connectivity index (χ4n) is 3.10. The van der Waals surface area contributed by atoms with Gasteiger partial charge in [0.05, 0.1) is 13.7 Å². The molecule has 33 heavy (non-hydrogen) atoms. The summed E-state index contributed by atoms with van der Waals surface area (Å²) >= 11 is 0. The molecule has 170 valence electrons. The van der Waals surface area contributed by atoms with Gasteiger partial charge in [0, 0.05) is 11.3 Å². The van der Waals surface area contributed by atoms with E-state index in [1.165, 1.54) is 6.08 Å². The first kappa shape index (κ1) is 23.6. The average Bonchev–Trinajstić information content (AvgIpc) is 2.83. The SMILES string of the molecule is CCOc1cc(/C=C/C(=O)c2cccc(OC)c2)ccc1OCC(=O)Nc1ccccc1C. The summed E-state index contributed by atoms with van der Waals surface area (Å²) in [6.07, 6.45) is 3.20. The normalized spacial score (nSPS) is 10.6. The van der Waals surface area contributed by atoms with Crippen molar-refractivity contribution in [3.8, 4) is 17.2 Å². The standard InChI is InChI=1S/C27H27NO5/c1-4-32-26-16-20(12-14-24(29)21-9-7-10-22(17-21)31-3)13-15-25(26)33-18-27(30)28-23-11-6-5-8-19(23)2/h5-17H,4,18H2,1-3H3,(H,28,30)/b14-12+. The number of benzene rings is 3. The minimum Gasteiger partial charge on any atom is -0.497 e. The van der Waals surface area contributed by atoms with Gasteiger partial charge in [0.25, 0.3) is 5.91 Å². The third-order valence-electron chi connectivity index (χ3n) is 4.83. The molecule has 3 aromatic rings. The van der Waals surface area contributed by atoms with Gasteiger partial charge in [-0.1, -0.05) is 42.5 Å². The Hall–Kier alpha value is -4.06. The van der Waals surface area contributed by atoms with Crippen LogP contribution in [-0.2, 0) is 4.79 Å². The number of hydrogen-bond donors (Lipinski definition) is 1. The molecule has 0 saturated carbocycles. The van der Waals surface area contributed by atoms with Crippen LogP contribution in [0, 0.1) is 6.92 Å². The van der Waals surface area contributed by atoms with E-state index < -0.39 is 0 Å². The lowest BCUT2D eigenvalue weighted by Gasteiger charge is -2.13. The zero-order valence-electron chi connectivity index (χ0n) is 19.0. The number of carbonyl (C=O) groups is 2. The van der Waals surface area contributed by atoms with E-state index in [0.717, 1.165) is 16.8 Å². The molecule has 1 N–H and O–H groups in total. The smallest absolute Gasteiger partial charge is 0.262 e. The van der Waals surface area contributed by atoms with Crippen LogP contribution in [0.25, 0.3) is 6.08 Å². The van der Waals surface area contributed by atoms with Crippen molar-refractivity contribution in [2.45, 2.75) is 13.8 Å². The zero-order valence-corrected chi connectivity index (χ0v) is 19.0. The maximum Gasteiger partial charge on any atom is 0.262 e. The number of para-hydroxylation sites is 1. The van der Waals surface area contributed by atoms with Crippen molar-refractivity contribution in [1.29, 1.82) is 0 Å². The molecule has 6 heteroatoms. The van der Waals surface area contributed by atoms with Gasteiger partial charge in [0.1, 0.15) is 5.75 Å². The Morgan fingerprint density at radius 1 is 0.939 bits per heavy atom. The summed E-state index contributed by atoms with van der Waals surface area (Å²) in [6.45, 7) is 4.07. The molecule has 0 spiro atoms. The van der Waals surface area contributed by atoms with Crippen LogP contribution in [0.4, 0.5) is 5.69 Å². The lowest BCUT2D eigenvalue weighted by atomic mass is 10.1. The van der Waals surface area contributed by atoms with E-state index in [1.54, 1.807) is 55.7 Å². The van der Waals surface area contributed by atoms with Crippen molar-refractivity contribution >= 4 is 23.5 Å². The van der Waals surface area contributed by atoms with E-state index in [2.05, 4.69) is 5.32 Å². The molecular formula is C27H27NO5. The van der Waals surface area contributed by atoms with Gasteiger partial charge in [-0.15, -0.1) is 0 Å². The van der Waals surface area contributed by atoms with E-state index in [1.807, 2.05) is 38.1 Å². The number of ether oxygens (including phenoxy) is 3. The number of carbonyl (C=O) groups excluding carboxylic acids is 2. The quantitative estimate of drug-likeness (QED) is 0.338. The second-order valence-corrected chi connectivity index (χ2v) is 7.22. The zero-order chi connectivity index (χ0) is 23.6. The summed E-state index contributed by atoms with van der Waals surface area (Å²) in [4.78, 5) is 24.8. The van der Waals surface area contributed by atoms with Crippen LogP contribution in [0.3, 0.4) is 0 Å². The molecule has 0 bridgehead atoms. The summed E-state index contributed by atoms with van der Waals surface area (Å²) in [5.74, 6) is 1.17. The van der Waals surface area contributed by atoms with Gasteiger partial charge in [-0.05, 0) is 61.4 Å². The molecule has 0 aromatic heterocycles. The molecule has 0 aliphatic rings. The maximum atomic E-state index is 12.5. The Kier molecular flexibility index (Phi) is 8.24. The van der Waals surface area contributed by atoms with Gasteiger partial charge in [-0.25, -0.2) is 0 Å². The molecule has 6 nitrogen and oxygen atoms in total. The van der Waals surface area contributed by atoms with Crippen molar-refractivity contribution in [2.75, 3.05) is 25.6 Å². The first-order valence-corrected chi connectivity index (χ1v) is 10.6. The third kappa shape index (κ3) is 6.71. The second-order valence-electron chi connectivity index (χ2n) is 7.22. The summed E-state index contributed by atoms with van der Waals surface area (Å²) in [5.41, 5.74) is 3.03. The van der Waals surface area contributed by atoms with Crippen LogP contribution >= 0.6 is 0 Å². The molecule has 0 heterocycles. The largest absolute Gasteiger partial charge is 0.497 e. The number of nitrogens with one attached hydrogen (secondary N) is 1. The van der Waals surface area contributed by atoms with Crippen LogP contribution in [0.2, 0.25) is 0 Å². The van der Waals surface area contributed by atoms with E-state index in [9.17, 15) is 9.59 Å². The summed E-state index contributed by atoms with van der Waals surface area (Å²) < 4.78 is 16.5. The Labute approximate surface area is 193 Å². The molecular weight excluding hydrogens is 418 g/mol.